The van der Waals surface area contributed by atoms with Crippen molar-refractivity contribution >= 4 is 37.4 Å². The second-order valence-corrected chi connectivity index (χ2v) is 1.54. The number of phosphoric acid groups is 1. The van der Waals surface area contributed by atoms with Gasteiger partial charge in [0.05, 0.1) is 0 Å². The predicted octanol–water partition coefficient (Wildman–Crippen LogP) is 2.24. The van der Waals surface area contributed by atoms with Crippen molar-refractivity contribution in [2.75, 3.05) is 0 Å². The Morgan fingerprint density at radius 2 is 0.667 bits per heavy atom. The van der Waals surface area contributed by atoms with Crippen LogP contribution in [0.3, 0.4) is 0 Å². The van der Waals surface area contributed by atoms with Crippen molar-refractivity contribution in [3.05, 3.63) is 0 Å². The Morgan fingerprint density at radius 1 is 0.667 bits per heavy atom. The molecule has 0 aromatic carbocycles. The minimum atomic E-state index is -4.64. The Bertz CT molecular complexity index is 65.7. The van der Waals surface area contributed by atoms with E-state index in [-0.39, 0.29) is 74.1 Å². The Labute approximate surface area is 101 Å². The van der Waals surface area contributed by atoms with Gasteiger partial charge in [0.15, 0.2) is 0 Å². The van der Waals surface area contributed by atoms with E-state index in [0.29, 0.717) is 0 Å². The SMILES string of the molecule is C.C.C.C.C.C.O=P(O)(O)O.[NaH]. The molecule has 0 amide bonds. The van der Waals surface area contributed by atoms with Crippen molar-refractivity contribution in [1.29, 1.82) is 0 Å². The third-order valence-corrected chi connectivity index (χ3v) is 0. The molecule has 0 rings (SSSR count). The molecular formula is C6H28NaO4P. The van der Waals surface area contributed by atoms with Crippen molar-refractivity contribution < 1.29 is 19.2 Å². The molecule has 0 aliphatic carbocycles. The third kappa shape index (κ3) is 922. The van der Waals surface area contributed by atoms with E-state index in [0.717, 1.165) is 0 Å². The number of rotatable bonds is 0. The Balaban J connectivity index is -0.00000000381. The summed E-state index contributed by atoms with van der Waals surface area (Å²) in [6.07, 6.45) is 0. The van der Waals surface area contributed by atoms with E-state index in [2.05, 4.69) is 0 Å². The van der Waals surface area contributed by atoms with Crippen LogP contribution < -0.4 is 0 Å². The van der Waals surface area contributed by atoms with Crippen LogP contribution in [0.1, 0.15) is 44.6 Å². The maximum atomic E-state index is 8.88. The van der Waals surface area contributed by atoms with Crippen LogP contribution in [0.2, 0.25) is 0 Å². The molecular weight excluding hydrogens is 190 g/mol. The molecule has 0 aliphatic heterocycles. The molecule has 0 aliphatic rings. The van der Waals surface area contributed by atoms with E-state index in [4.69, 9.17) is 19.2 Å². The molecule has 6 heteroatoms. The minimum absolute atomic E-state index is 0. The van der Waals surface area contributed by atoms with Crippen molar-refractivity contribution in [1.82, 2.24) is 0 Å². The predicted molar refractivity (Wildman–Crippen MR) is 61.8 cm³/mol. The Kier molecular flexibility index (Phi) is 181. The van der Waals surface area contributed by atoms with Gasteiger partial charge in [-0.05, 0) is 0 Å². The van der Waals surface area contributed by atoms with Gasteiger partial charge in [-0.25, -0.2) is 4.57 Å². The summed E-state index contributed by atoms with van der Waals surface area (Å²) in [5.41, 5.74) is 0. The molecule has 0 heterocycles. The summed E-state index contributed by atoms with van der Waals surface area (Å²) in [7, 11) is -4.64. The first-order chi connectivity index (χ1) is 2.00. The molecule has 0 spiro atoms. The Hall–Kier alpha value is 1.11. The van der Waals surface area contributed by atoms with Crippen molar-refractivity contribution in [2.24, 2.45) is 0 Å². The zero-order chi connectivity index (χ0) is 4.50. The fourth-order valence-electron chi connectivity index (χ4n) is 0. The van der Waals surface area contributed by atoms with Gasteiger partial charge in [-0.15, -0.1) is 0 Å². The van der Waals surface area contributed by atoms with Crippen molar-refractivity contribution in [2.45, 2.75) is 44.6 Å². The molecule has 4 nitrogen and oxygen atoms in total. The summed E-state index contributed by atoms with van der Waals surface area (Å²) < 4.78 is 8.88. The summed E-state index contributed by atoms with van der Waals surface area (Å²) in [5.74, 6) is 0. The first kappa shape index (κ1) is 73.6. The number of hydrogen-bond donors (Lipinski definition) is 3. The van der Waals surface area contributed by atoms with Crippen LogP contribution in [0.15, 0.2) is 0 Å². The van der Waals surface area contributed by atoms with E-state index < -0.39 is 7.82 Å². The van der Waals surface area contributed by atoms with Gasteiger partial charge < -0.3 is 14.7 Å². The molecule has 0 atom stereocenters. The first-order valence-corrected chi connectivity index (χ1v) is 2.35. The molecule has 12 heavy (non-hydrogen) atoms. The second-order valence-electron chi connectivity index (χ2n) is 0.513. The molecule has 3 N–H and O–H groups in total. The summed E-state index contributed by atoms with van der Waals surface area (Å²) in [6.45, 7) is 0. The standard InChI is InChI=1S/6CH4.Na.H3O4P.H/c;;;;;;;1-5(2,3)4;/h6*1H4;;(H3,1,2,3,4);. The van der Waals surface area contributed by atoms with Gasteiger partial charge in [0.2, 0.25) is 0 Å². The summed E-state index contributed by atoms with van der Waals surface area (Å²) >= 11 is 0. The summed E-state index contributed by atoms with van der Waals surface area (Å²) in [6, 6.07) is 0. The van der Waals surface area contributed by atoms with Gasteiger partial charge >= 0.3 is 37.4 Å². The fourth-order valence-corrected chi connectivity index (χ4v) is 0. The topological polar surface area (TPSA) is 77.8 Å². The van der Waals surface area contributed by atoms with E-state index in [1.165, 1.54) is 0 Å². The zero-order valence-corrected chi connectivity index (χ0v) is 3.09. The number of hydrogen-bond acceptors (Lipinski definition) is 1. The van der Waals surface area contributed by atoms with Crippen LogP contribution in [0.5, 0.6) is 0 Å². The van der Waals surface area contributed by atoms with Gasteiger partial charge in [0, 0.05) is 0 Å². The van der Waals surface area contributed by atoms with E-state index in [1.54, 1.807) is 0 Å². The molecule has 0 bridgehead atoms. The maximum absolute atomic E-state index is 8.88. The first-order valence-electron chi connectivity index (χ1n) is 0.783. The summed E-state index contributed by atoms with van der Waals surface area (Å²) in [4.78, 5) is 21.6. The van der Waals surface area contributed by atoms with Crippen LogP contribution in [-0.4, -0.2) is 44.2 Å². The van der Waals surface area contributed by atoms with E-state index in [1.807, 2.05) is 0 Å². The normalized spacial score (nSPS) is 4.92. The van der Waals surface area contributed by atoms with Gasteiger partial charge in [-0.1, -0.05) is 44.6 Å². The molecule has 0 saturated carbocycles. The van der Waals surface area contributed by atoms with Crippen LogP contribution in [0, 0.1) is 0 Å². The van der Waals surface area contributed by atoms with Crippen molar-refractivity contribution in [3.63, 3.8) is 0 Å². The average Bonchev–Trinajstić information content (AvgIpc) is 0.722. The van der Waals surface area contributed by atoms with Crippen molar-refractivity contribution in [3.8, 4) is 0 Å². The van der Waals surface area contributed by atoms with Crippen LogP contribution >= 0.6 is 7.82 Å². The quantitative estimate of drug-likeness (QED) is 0.430. The van der Waals surface area contributed by atoms with Crippen LogP contribution in [-0.2, 0) is 4.57 Å². The summed E-state index contributed by atoms with van der Waals surface area (Å²) in [5, 5.41) is 0. The van der Waals surface area contributed by atoms with Crippen LogP contribution in [0.25, 0.3) is 0 Å². The average molecular weight is 218 g/mol. The second kappa shape index (κ2) is 29.6. The van der Waals surface area contributed by atoms with Crippen LogP contribution in [0.4, 0.5) is 0 Å². The third-order valence-electron chi connectivity index (χ3n) is 0. The van der Waals surface area contributed by atoms with Gasteiger partial charge in [0.1, 0.15) is 0 Å². The zero-order valence-electron chi connectivity index (χ0n) is 2.20. The Morgan fingerprint density at radius 3 is 0.667 bits per heavy atom. The van der Waals surface area contributed by atoms with Gasteiger partial charge in [-0.2, -0.15) is 0 Å². The van der Waals surface area contributed by atoms with Gasteiger partial charge in [0.25, 0.3) is 0 Å². The molecule has 0 radical (unpaired) electrons. The molecule has 0 aromatic rings. The molecule has 0 saturated heterocycles. The molecule has 0 aromatic heterocycles. The molecule has 82 valence electrons. The monoisotopic (exact) mass is 218 g/mol. The van der Waals surface area contributed by atoms with E-state index >= 15 is 0 Å². The molecule has 0 unspecified atom stereocenters. The fraction of sp³-hybridized carbons (Fsp3) is 1.00. The van der Waals surface area contributed by atoms with Gasteiger partial charge in [-0.3, -0.25) is 0 Å². The van der Waals surface area contributed by atoms with E-state index in [9.17, 15) is 0 Å². The molecule has 0 fully saturated rings.